The number of Topliss-reactive ketones (excluding diaryl/α,β-unsaturated/α-hetero) is 1. The van der Waals surface area contributed by atoms with Gasteiger partial charge in [0.15, 0.2) is 0 Å². The number of carbonyl (C=O) groups excluding carboxylic acids is 1. The molecule has 0 rings (SSSR count). The number of aliphatic carboxylic acids is 1. The van der Waals surface area contributed by atoms with E-state index >= 15 is 0 Å². The summed E-state index contributed by atoms with van der Waals surface area (Å²) in [6.07, 6.45) is 11.3. The van der Waals surface area contributed by atoms with Crippen molar-refractivity contribution in [2.45, 2.75) is 77.0 Å². The lowest BCUT2D eigenvalue weighted by atomic mass is 10.0. The van der Waals surface area contributed by atoms with E-state index in [4.69, 9.17) is 5.11 Å². The summed E-state index contributed by atoms with van der Waals surface area (Å²) < 4.78 is 1.22. The Hall–Kier alpha value is -0.130. The Labute approximate surface area is 130 Å². The zero-order valence-electron chi connectivity index (χ0n) is 11.8. The summed E-state index contributed by atoms with van der Waals surface area (Å²) in [5.74, 6) is -0.308. The third-order valence-corrected chi connectivity index (χ3v) is 3.95. The van der Waals surface area contributed by atoms with Gasteiger partial charge in [0.2, 0.25) is 0 Å². The van der Waals surface area contributed by atoms with Crippen molar-refractivity contribution < 1.29 is 14.7 Å². The van der Waals surface area contributed by atoms with Gasteiger partial charge in [-0.15, -0.1) is 0 Å². The van der Waals surface area contributed by atoms with E-state index in [9.17, 15) is 9.59 Å². The van der Waals surface area contributed by atoms with Gasteiger partial charge in [-0.2, -0.15) is 0 Å². The molecule has 0 aromatic rings. The fraction of sp³-hybridized carbons (Fsp3) is 0.867. The minimum atomic E-state index is -0.710. The van der Waals surface area contributed by atoms with Gasteiger partial charge in [-0.3, -0.25) is 9.59 Å². The molecule has 0 radical (unpaired) electrons. The highest BCUT2D eigenvalue weighted by Gasteiger charge is 2.02. The van der Waals surface area contributed by atoms with Crippen LogP contribution in [0.3, 0.4) is 0 Å². The highest BCUT2D eigenvalue weighted by Crippen LogP contribution is 2.10. The van der Waals surface area contributed by atoms with E-state index in [-0.39, 0.29) is 6.42 Å². The number of ketones is 1. The largest absolute Gasteiger partial charge is 0.481 e. The standard InChI is InChI=1S/C15H27IO3/c16-13-9-5-4-7-11-14(17)10-6-2-1-3-8-12-15(18)19/h1-13H2,(H,18,19). The van der Waals surface area contributed by atoms with Crippen LogP contribution in [0.1, 0.15) is 77.0 Å². The summed E-state index contributed by atoms with van der Waals surface area (Å²) >= 11 is 2.39. The number of unbranched alkanes of at least 4 members (excludes halogenated alkanes) is 7. The van der Waals surface area contributed by atoms with Crippen LogP contribution in [-0.2, 0) is 9.59 Å². The van der Waals surface area contributed by atoms with Gasteiger partial charge in [0.25, 0.3) is 0 Å². The SMILES string of the molecule is O=C(O)CCCCCCCC(=O)CCCCCCI. The van der Waals surface area contributed by atoms with Gasteiger partial charge in [0.05, 0.1) is 0 Å². The van der Waals surface area contributed by atoms with Gasteiger partial charge >= 0.3 is 5.97 Å². The second-order valence-electron chi connectivity index (χ2n) is 5.05. The normalized spacial score (nSPS) is 10.6. The molecule has 0 unspecified atom stereocenters. The summed E-state index contributed by atoms with van der Waals surface area (Å²) in [5, 5.41) is 8.48. The van der Waals surface area contributed by atoms with Crippen LogP contribution < -0.4 is 0 Å². The lowest BCUT2D eigenvalue weighted by molar-refractivity contribution is -0.137. The Bertz CT molecular complexity index is 242. The number of hydrogen-bond acceptors (Lipinski definition) is 2. The molecule has 0 aliphatic heterocycles. The number of carbonyl (C=O) groups is 2. The molecule has 4 heteroatoms. The van der Waals surface area contributed by atoms with Crippen LogP contribution >= 0.6 is 22.6 Å². The van der Waals surface area contributed by atoms with Gasteiger partial charge in [0, 0.05) is 19.3 Å². The van der Waals surface area contributed by atoms with Gasteiger partial charge < -0.3 is 5.11 Å². The number of carboxylic acid groups (broad SMARTS) is 1. The minimum Gasteiger partial charge on any atom is -0.481 e. The lowest BCUT2D eigenvalue weighted by Crippen LogP contribution is -1.98. The van der Waals surface area contributed by atoms with Crippen LogP contribution in [-0.4, -0.2) is 21.3 Å². The quantitative estimate of drug-likeness (QED) is 0.268. The molecular formula is C15H27IO3. The molecule has 0 heterocycles. The summed E-state index contributed by atoms with van der Waals surface area (Å²) in [5.41, 5.74) is 0. The molecule has 1 N–H and O–H groups in total. The van der Waals surface area contributed by atoms with Crippen molar-refractivity contribution in [1.82, 2.24) is 0 Å². The number of carboxylic acids is 1. The zero-order chi connectivity index (χ0) is 14.3. The first-order valence-corrected chi connectivity index (χ1v) is 8.99. The van der Waals surface area contributed by atoms with Crippen LogP contribution in [0, 0.1) is 0 Å². The molecule has 3 nitrogen and oxygen atoms in total. The molecule has 0 saturated carbocycles. The Balaban J connectivity index is 3.18. The summed E-state index contributed by atoms with van der Waals surface area (Å²) in [6, 6.07) is 0. The van der Waals surface area contributed by atoms with Gasteiger partial charge in [0.1, 0.15) is 5.78 Å². The van der Waals surface area contributed by atoms with Gasteiger partial charge in [-0.1, -0.05) is 54.7 Å². The van der Waals surface area contributed by atoms with E-state index in [1.54, 1.807) is 0 Å². The number of alkyl halides is 1. The highest BCUT2D eigenvalue weighted by atomic mass is 127. The lowest BCUT2D eigenvalue weighted by Gasteiger charge is -2.02. The van der Waals surface area contributed by atoms with E-state index in [0.717, 1.165) is 44.9 Å². The summed E-state index contributed by atoms with van der Waals surface area (Å²) in [7, 11) is 0. The molecule has 112 valence electrons. The topological polar surface area (TPSA) is 54.4 Å². The molecule has 0 fully saturated rings. The summed E-state index contributed by atoms with van der Waals surface area (Å²) in [6.45, 7) is 0. The Morgan fingerprint density at radius 2 is 1.11 bits per heavy atom. The molecule has 0 bridgehead atoms. The van der Waals surface area contributed by atoms with Crippen LogP contribution in [0.2, 0.25) is 0 Å². The van der Waals surface area contributed by atoms with Crippen molar-refractivity contribution in [3.63, 3.8) is 0 Å². The van der Waals surface area contributed by atoms with E-state index in [0.29, 0.717) is 12.2 Å². The molecule has 0 aromatic carbocycles. The van der Waals surface area contributed by atoms with Crippen molar-refractivity contribution in [3.05, 3.63) is 0 Å². The fourth-order valence-corrected chi connectivity index (χ4v) is 2.56. The average molecular weight is 382 g/mol. The third kappa shape index (κ3) is 15.8. The molecule has 0 aliphatic carbocycles. The Morgan fingerprint density at radius 3 is 1.58 bits per heavy atom. The van der Waals surface area contributed by atoms with Crippen molar-refractivity contribution >= 4 is 34.3 Å². The molecule has 0 spiro atoms. The number of rotatable bonds is 14. The van der Waals surface area contributed by atoms with Crippen LogP contribution in [0.15, 0.2) is 0 Å². The van der Waals surface area contributed by atoms with E-state index in [1.165, 1.54) is 23.7 Å². The third-order valence-electron chi connectivity index (χ3n) is 3.19. The van der Waals surface area contributed by atoms with E-state index in [1.807, 2.05) is 0 Å². The summed E-state index contributed by atoms with van der Waals surface area (Å²) in [4.78, 5) is 21.9. The first kappa shape index (κ1) is 18.9. The van der Waals surface area contributed by atoms with Crippen molar-refractivity contribution in [2.75, 3.05) is 4.43 Å². The molecule has 0 saturated heterocycles. The molecule has 0 atom stereocenters. The molecular weight excluding hydrogens is 355 g/mol. The second-order valence-corrected chi connectivity index (χ2v) is 6.13. The maximum absolute atomic E-state index is 11.6. The maximum Gasteiger partial charge on any atom is 0.303 e. The van der Waals surface area contributed by atoms with E-state index < -0.39 is 5.97 Å². The molecule has 19 heavy (non-hydrogen) atoms. The van der Waals surface area contributed by atoms with Gasteiger partial charge in [-0.05, 0) is 30.1 Å². The maximum atomic E-state index is 11.6. The predicted octanol–water partition coefficient (Wildman–Crippen LogP) is 4.76. The Morgan fingerprint density at radius 1 is 0.684 bits per heavy atom. The second kappa shape index (κ2) is 14.3. The van der Waals surface area contributed by atoms with E-state index in [2.05, 4.69) is 22.6 Å². The van der Waals surface area contributed by atoms with Crippen molar-refractivity contribution in [3.8, 4) is 0 Å². The smallest absolute Gasteiger partial charge is 0.303 e. The highest BCUT2D eigenvalue weighted by molar-refractivity contribution is 14.1. The number of hydrogen-bond donors (Lipinski definition) is 1. The van der Waals surface area contributed by atoms with Crippen LogP contribution in [0.4, 0.5) is 0 Å². The average Bonchev–Trinajstić information content (AvgIpc) is 2.37. The van der Waals surface area contributed by atoms with Crippen molar-refractivity contribution in [2.24, 2.45) is 0 Å². The monoisotopic (exact) mass is 382 g/mol. The molecule has 0 aliphatic rings. The number of halogens is 1. The predicted molar refractivity (Wildman–Crippen MR) is 86.9 cm³/mol. The zero-order valence-corrected chi connectivity index (χ0v) is 14.0. The van der Waals surface area contributed by atoms with Crippen LogP contribution in [0.5, 0.6) is 0 Å². The molecule has 0 amide bonds. The van der Waals surface area contributed by atoms with Crippen molar-refractivity contribution in [1.29, 1.82) is 0 Å². The Kier molecular flexibility index (Phi) is 14.2. The van der Waals surface area contributed by atoms with Crippen LogP contribution in [0.25, 0.3) is 0 Å². The molecule has 0 aromatic heterocycles. The first-order valence-electron chi connectivity index (χ1n) is 7.46. The fourth-order valence-electron chi connectivity index (χ4n) is 2.02. The van der Waals surface area contributed by atoms with Gasteiger partial charge in [-0.25, -0.2) is 0 Å². The minimum absolute atomic E-state index is 0.274. The first-order chi connectivity index (χ1) is 9.16.